The van der Waals surface area contributed by atoms with Gasteiger partial charge in [-0.25, -0.2) is 9.79 Å². The van der Waals surface area contributed by atoms with Crippen LogP contribution in [0.4, 0.5) is 10.5 Å². The minimum absolute atomic E-state index is 0.124. The number of carbonyl (C=O) groups is 1. The largest absolute Gasteiger partial charge is 0.353 e. The maximum absolute atomic E-state index is 12.5. The van der Waals surface area contributed by atoms with E-state index in [-0.39, 0.29) is 6.03 Å². The summed E-state index contributed by atoms with van der Waals surface area (Å²) in [4.78, 5) is 27.9. The quantitative estimate of drug-likeness (QED) is 0.868. The maximum Gasteiger partial charge on any atom is 0.322 e. The lowest BCUT2D eigenvalue weighted by Crippen LogP contribution is -2.50. The molecule has 4 rings (SSSR count). The number of benzene rings is 1. The third-order valence-electron chi connectivity index (χ3n) is 5.08. The van der Waals surface area contributed by atoms with Crippen LogP contribution in [0.15, 0.2) is 46.1 Å². The van der Waals surface area contributed by atoms with Crippen LogP contribution in [0.5, 0.6) is 0 Å². The highest BCUT2D eigenvalue weighted by molar-refractivity contribution is 6.33. The number of para-hydroxylation sites is 1. The number of urea groups is 1. The first-order chi connectivity index (χ1) is 13.1. The number of nitrogens with zero attached hydrogens (tertiary/aromatic N) is 5. The zero-order valence-corrected chi connectivity index (χ0v) is 16.1. The standard InChI is InChI=1S/C19H23ClN6O/c1-2-14-12-26-13-21-17(11-18(26)22-14)24-7-9-25(10-8-24)19(27)23-16-6-4-3-5-15(16)20/h3-6,11,13-14H,2,7-10,12H2,1H3,(H,23,27)/t14-/m1/s1. The van der Waals surface area contributed by atoms with Crippen molar-refractivity contribution in [3.8, 4) is 0 Å². The van der Waals surface area contributed by atoms with Crippen molar-refractivity contribution in [3.63, 3.8) is 0 Å². The molecule has 1 N–H and O–H groups in total. The number of anilines is 1. The maximum atomic E-state index is 12.5. The Morgan fingerprint density at radius 3 is 2.78 bits per heavy atom. The minimum Gasteiger partial charge on any atom is -0.353 e. The highest BCUT2D eigenvalue weighted by Crippen LogP contribution is 2.22. The molecule has 0 radical (unpaired) electrons. The van der Waals surface area contributed by atoms with E-state index in [9.17, 15) is 4.79 Å². The van der Waals surface area contributed by atoms with Crippen molar-refractivity contribution < 1.29 is 4.79 Å². The van der Waals surface area contributed by atoms with E-state index in [2.05, 4.69) is 33.1 Å². The third kappa shape index (κ3) is 3.78. The molecular weight excluding hydrogens is 364 g/mol. The predicted molar refractivity (Wildman–Crippen MR) is 108 cm³/mol. The molecule has 0 saturated carbocycles. The predicted octanol–water partition coefficient (Wildman–Crippen LogP) is 2.87. The first-order valence-electron chi connectivity index (χ1n) is 9.30. The van der Waals surface area contributed by atoms with E-state index < -0.39 is 0 Å². The fraction of sp³-hybridized carbons (Fsp3) is 0.421. The van der Waals surface area contributed by atoms with E-state index in [0.717, 1.165) is 37.7 Å². The molecule has 0 aliphatic carbocycles. The number of halogens is 1. The Kier molecular flexibility index (Phi) is 5.03. The molecule has 1 fully saturated rings. The molecule has 8 heteroatoms. The van der Waals surface area contributed by atoms with Gasteiger partial charge in [-0.05, 0) is 18.6 Å². The van der Waals surface area contributed by atoms with Crippen LogP contribution < -0.4 is 5.32 Å². The molecule has 3 aliphatic rings. The Morgan fingerprint density at radius 2 is 2.04 bits per heavy atom. The van der Waals surface area contributed by atoms with Gasteiger partial charge in [-0.2, -0.15) is 0 Å². The van der Waals surface area contributed by atoms with Crippen molar-refractivity contribution in [2.45, 2.75) is 19.4 Å². The first-order valence-corrected chi connectivity index (χ1v) is 9.67. The smallest absolute Gasteiger partial charge is 0.322 e. The number of hydrogen-bond acceptors (Lipinski definition) is 5. The van der Waals surface area contributed by atoms with Gasteiger partial charge in [0.25, 0.3) is 0 Å². The third-order valence-corrected chi connectivity index (χ3v) is 5.41. The lowest BCUT2D eigenvalue weighted by atomic mass is 10.2. The molecule has 7 nitrogen and oxygen atoms in total. The zero-order chi connectivity index (χ0) is 18.8. The minimum atomic E-state index is -0.124. The molecule has 142 valence electrons. The van der Waals surface area contributed by atoms with Crippen LogP contribution in [0.3, 0.4) is 0 Å². The van der Waals surface area contributed by atoms with E-state index in [1.165, 1.54) is 0 Å². The number of nitrogens with one attached hydrogen (secondary N) is 1. The van der Waals surface area contributed by atoms with Gasteiger partial charge in [-0.15, -0.1) is 0 Å². The first kappa shape index (κ1) is 17.9. The molecule has 0 aromatic heterocycles. The average Bonchev–Trinajstić information content (AvgIpc) is 3.12. The second-order valence-corrected chi connectivity index (χ2v) is 7.24. The summed E-state index contributed by atoms with van der Waals surface area (Å²) in [5.74, 6) is 1.92. The van der Waals surface area contributed by atoms with Crippen molar-refractivity contribution in [1.29, 1.82) is 0 Å². The number of rotatable bonds is 3. The number of aliphatic imine (C=N–C) groups is 2. The van der Waals surface area contributed by atoms with Gasteiger partial charge in [0.1, 0.15) is 11.7 Å². The summed E-state index contributed by atoms with van der Waals surface area (Å²) in [5, 5.41) is 3.42. The Labute approximate surface area is 164 Å². The van der Waals surface area contributed by atoms with Crippen molar-refractivity contribution >= 4 is 35.5 Å². The van der Waals surface area contributed by atoms with Gasteiger partial charge >= 0.3 is 6.03 Å². The second kappa shape index (κ2) is 7.60. The molecule has 0 spiro atoms. The highest BCUT2D eigenvalue weighted by Gasteiger charge is 2.28. The van der Waals surface area contributed by atoms with Crippen molar-refractivity contribution in [2.24, 2.45) is 9.98 Å². The van der Waals surface area contributed by atoms with Crippen LogP contribution in [0.25, 0.3) is 0 Å². The van der Waals surface area contributed by atoms with Crippen molar-refractivity contribution in [3.05, 3.63) is 41.2 Å². The summed E-state index contributed by atoms with van der Waals surface area (Å²) in [7, 11) is 0. The number of amides is 2. The average molecular weight is 387 g/mol. The monoisotopic (exact) mass is 386 g/mol. The van der Waals surface area contributed by atoms with Crippen LogP contribution in [-0.4, -0.2) is 71.7 Å². The number of amidine groups is 1. The van der Waals surface area contributed by atoms with E-state index in [0.29, 0.717) is 29.8 Å². The summed E-state index contributed by atoms with van der Waals surface area (Å²) in [6.07, 6.45) is 4.96. The Hall–Kier alpha value is -2.54. The molecule has 27 heavy (non-hydrogen) atoms. The van der Waals surface area contributed by atoms with E-state index in [4.69, 9.17) is 16.6 Å². The summed E-state index contributed by atoms with van der Waals surface area (Å²) in [5.41, 5.74) is 0.635. The molecule has 3 aliphatic heterocycles. The molecule has 1 aromatic rings. The normalized spacial score (nSPS) is 21.7. The second-order valence-electron chi connectivity index (χ2n) is 6.83. The Morgan fingerprint density at radius 1 is 1.26 bits per heavy atom. The molecule has 2 amide bonds. The van der Waals surface area contributed by atoms with Gasteiger partial charge in [-0.3, -0.25) is 4.99 Å². The summed E-state index contributed by atoms with van der Waals surface area (Å²) >= 11 is 6.12. The molecule has 0 unspecified atom stereocenters. The van der Waals surface area contributed by atoms with Crippen molar-refractivity contribution in [1.82, 2.24) is 14.7 Å². The summed E-state index contributed by atoms with van der Waals surface area (Å²) < 4.78 is 0. The van der Waals surface area contributed by atoms with E-state index in [1.807, 2.05) is 18.5 Å². The highest BCUT2D eigenvalue weighted by atomic mass is 35.5. The molecular formula is C19H23ClN6O. The number of hydrogen-bond donors (Lipinski definition) is 1. The van der Waals surface area contributed by atoms with Gasteiger partial charge in [0.05, 0.1) is 23.1 Å². The van der Waals surface area contributed by atoms with Gasteiger partial charge in [-0.1, -0.05) is 30.7 Å². The molecule has 1 aromatic carbocycles. The SMILES string of the molecule is CC[C@@H]1CN2C=NC(N3CCN(C(=O)Nc4ccccc4Cl)CC3)=CC2=N1. The van der Waals surface area contributed by atoms with E-state index in [1.54, 1.807) is 17.0 Å². The van der Waals surface area contributed by atoms with Gasteiger partial charge < -0.3 is 20.0 Å². The van der Waals surface area contributed by atoms with Crippen molar-refractivity contribution in [2.75, 3.05) is 38.0 Å². The fourth-order valence-corrected chi connectivity index (χ4v) is 3.60. The number of piperazine rings is 1. The topological polar surface area (TPSA) is 63.5 Å². The van der Waals surface area contributed by atoms with E-state index >= 15 is 0 Å². The molecule has 0 bridgehead atoms. The summed E-state index contributed by atoms with van der Waals surface area (Å²) in [6, 6.07) is 7.49. The summed E-state index contributed by atoms with van der Waals surface area (Å²) in [6.45, 7) is 5.82. The zero-order valence-electron chi connectivity index (χ0n) is 15.3. The lowest BCUT2D eigenvalue weighted by Gasteiger charge is -2.36. The van der Waals surface area contributed by atoms with Crippen LogP contribution >= 0.6 is 11.6 Å². The fourth-order valence-electron chi connectivity index (χ4n) is 3.42. The van der Waals surface area contributed by atoms with Crippen LogP contribution in [0.1, 0.15) is 13.3 Å². The number of carbonyl (C=O) groups excluding carboxylic acids is 1. The van der Waals surface area contributed by atoms with Crippen LogP contribution in [0, 0.1) is 0 Å². The molecule has 3 heterocycles. The lowest BCUT2D eigenvalue weighted by molar-refractivity contribution is 0.167. The van der Waals surface area contributed by atoms with Crippen LogP contribution in [0.2, 0.25) is 5.02 Å². The van der Waals surface area contributed by atoms with Gasteiger partial charge in [0.15, 0.2) is 0 Å². The molecule has 1 saturated heterocycles. The number of fused-ring (bicyclic) bond motifs is 1. The van der Waals surface area contributed by atoms with Gasteiger partial charge in [0.2, 0.25) is 0 Å². The van der Waals surface area contributed by atoms with Crippen LogP contribution in [-0.2, 0) is 0 Å². The van der Waals surface area contributed by atoms with Gasteiger partial charge in [0, 0.05) is 38.8 Å². The molecule has 1 atom stereocenters. The Bertz CT molecular complexity index is 812. The Balaban J connectivity index is 1.35.